The summed E-state index contributed by atoms with van der Waals surface area (Å²) in [6.07, 6.45) is 17.9. The molecule has 2 rings (SSSR count). The van der Waals surface area contributed by atoms with Crippen molar-refractivity contribution >= 4 is 23.9 Å². The standard InChI is InChI=1S/C54H100N2O8/c1-39(2)31-27-23-19-15-17-21-25-29-33-53(47(61)62,43(45(57)58)41-35-49(5,6)55(13)50(7,8)36-41)54(48(63)64,34-30-26-22-18-16-20-24-28-32-40(3)4)44(46(59)60)42-37-51(9,10)56(14)52(11,12)38-42/h39-44H,15-38H2,1-14H3,(H,57,58)(H,59,60)(H,61,62)(H,63,64). The van der Waals surface area contributed by atoms with Gasteiger partial charge in [0.15, 0.2) is 0 Å². The van der Waals surface area contributed by atoms with E-state index in [9.17, 15) is 39.6 Å². The summed E-state index contributed by atoms with van der Waals surface area (Å²) >= 11 is 0. The van der Waals surface area contributed by atoms with Crippen molar-refractivity contribution in [1.29, 1.82) is 0 Å². The van der Waals surface area contributed by atoms with E-state index in [4.69, 9.17) is 0 Å². The first-order chi connectivity index (χ1) is 29.5. The molecule has 0 aromatic heterocycles. The fourth-order valence-electron chi connectivity index (χ4n) is 13.2. The molecule has 0 spiro atoms. The highest BCUT2D eigenvalue weighted by molar-refractivity contribution is 5.94. The minimum atomic E-state index is -2.41. The largest absolute Gasteiger partial charge is 0.481 e. The normalized spacial score (nSPS) is 22.2. The molecule has 0 saturated carbocycles. The summed E-state index contributed by atoms with van der Waals surface area (Å²) in [6.45, 7) is 25.3. The van der Waals surface area contributed by atoms with E-state index in [0.717, 1.165) is 51.4 Å². The van der Waals surface area contributed by atoms with E-state index < -0.39 is 80.5 Å². The molecule has 0 radical (unpaired) electrons. The third kappa shape index (κ3) is 14.6. The van der Waals surface area contributed by atoms with Gasteiger partial charge in [0.2, 0.25) is 0 Å². The Balaban J connectivity index is 2.86. The van der Waals surface area contributed by atoms with Crippen LogP contribution in [-0.4, -0.2) is 90.4 Å². The fourth-order valence-corrected chi connectivity index (χ4v) is 13.2. The molecule has 0 amide bonds. The van der Waals surface area contributed by atoms with Crippen molar-refractivity contribution in [2.24, 2.45) is 46.3 Å². The molecule has 2 heterocycles. The van der Waals surface area contributed by atoms with Gasteiger partial charge in [0, 0.05) is 22.2 Å². The number of carbonyl (C=O) groups is 4. The molecule has 0 bridgehead atoms. The van der Waals surface area contributed by atoms with Crippen molar-refractivity contribution in [2.45, 2.75) is 259 Å². The molecule has 2 aliphatic rings. The molecule has 0 aliphatic carbocycles. The van der Waals surface area contributed by atoms with Crippen LogP contribution in [0.2, 0.25) is 0 Å². The minimum Gasteiger partial charge on any atom is -0.481 e. The molecule has 4 atom stereocenters. The maximum atomic E-state index is 14.9. The number of nitrogens with zero attached hydrogens (tertiary/aromatic N) is 2. The van der Waals surface area contributed by atoms with E-state index in [1.54, 1.807) is 0 Å². The van der Waals surface area contributed by atoms with Gasteiger partial charge in [0.05, 0.1) is 22.7 Å². The quantitative estimate of drug-likeness (QED) is 0.0494. The summed E-state index contributed by atoms with van der Waals surface area (Å²) in [5, 5.41) is 47.7. The average molecular weight is 905 g/mol. The lowest BCUT2D eigenvalue weighted by atomic mass is 9.43. The van der Waals surface area contributed by atoms with Crippen molar-refractivity contribution in [3.05, 3.63) is 0 Å². The second-order valence-electron chi connectivity index (χ2n) is 24.4. The number of unbranched alkanes of at least 4 members (excludes halogenated alkanes) is 14. The molecule has 374 valence electrons. The van der Waals surface area contributed by atoms with Crippen LogP contribution in [0, 0.1) is 46.3 Å². The van der Waals surface area contributed by atoms with Gasteiger partial charge in [-0.15, -0.1) is 0 Å². The van der Waals surface area contributed by atoms with Crippen molar-refractivity contribution in [3.63, 3.8) is 0 Å². The Bertz CT molecular complexity index is 1330. The van der Waals surface area contributed by atoms with E-state index in [1.165, 1.54) is 38.5 Å². The van der Waals surface area contributed by atoms with E-state index in [-0.39, 0.29) is 12.8 Å². The first-order valence-corrected chi connectivity index (χ1v) is 26.0. The van der Waals surface area contributed by atoms with Gasteiger partial charge in [0.1, 0.15) is 0 Å². The predicted octanol–water partition coefficient (Wildman–Crippen LogP) is 13.4. The molecule has 4 unspecified atom stereocenters. The minimum absolute atomic E-state index is 0.202. The Morgan fingerprint density at radius 2 is 0.656 bits per heavy atom. The van der Waals surface area contributed by atoms with Gasteiger partial charge in [-0.05, 0) is 132 Å². The maximum absolute atomic E-state index is 14.9. The Morgan fingerprint density at radius 3 is 0.859 bits per heavy atom. The van der Waals surface area contributed by atoms with Crippen molar-refractivity contribution < 1.29 is 39.6 Å². The lowest BCUT2D eigenvalue weighted by Gasteiger charge is -2.60. The molecule has 2 aliphatic heterocycles. The molecule has 10 heteroatoms. The van der Waals surface area contributed by atoms with Gasteiger partial charge >= 0.3 is 23.9 Å². The molecule has 0 aromatic rings. The van der Waals surface area contributed by atoms with E-state index in [1.807, 2.05) is 69.5 Å². The number of carboxylic acid groups (broad SMARTS) is 4. The smallest absolute Gasteiger partial charge is 0.311 e. The highest BCUT2D eigenvalue weighted by atomic mass is 16.4. The first-order valence-electron chi connectivity index (χ1n) is 26.0. The molecule has 10 nitrogen and oxygen atoms in total. The number of piperidine rings is 2. The molecular weight excluding hydrogens is 805 g/mol. The monoisotopic (exact) mass is 905 g/mol. The highest BCUT2D eigenvalue weighted by Crippen LogP contribution is 2.64. The van der Waals surface area contributed by atoms with Crippen LogP contribution in [0.4, 0.5) is 0 Å². The van der Waals surface area contributed by atoms with Crippen LogP contribution in [0.15, 0.2) is 0 Å². The van der Waals surface area contributed by atoms with Crippen LogP contribution < -0.4 is 0 Å². The van der Waals surface area contributed by atoms with Crippen molar-refractivity contribution in [1.82, 2.24) is 9.80 Å². The van der Waals surface area contributed by atoms with Crippen molar-refractivity contribution in [2.75, 3.05) is 14.1 Å². The van der Waals surface area contributed by atoms with E-state index >= 15 is 0 Å². The Labute approximate surface area is 391 Å². The average Bonchev–Trinajstić information content (AvgIpc) is 3.15. The van der Waals surface area contributed by atoms with Crippen LogP contribution >= 0.6 is 0 Å². The first kappa shape index (κ1) is 57.9. The third-order valence-corrected chi connectivity index (χ3v) is 17.0. The van der Waals surface area contributed by atoms with Crippen LogP contribution in [0.5, 0.6) is 0 Å². The van der Waals surface area contributed by atoms with Crippen molar-refractivity contribution in [3.8, 4) is 0 Å². The number of hydrogen-bond donors (Lipinski definition) is 4. The van der Waals surface area contributed by atoms with E-state index in [2.05, 4.69) is 37.5 Å². The molecular formula is C54H100N2O8. The zero-order valence-electron chi connectivity index (χ0n) is 43.8. The number of aliphatic carboxylic acids is 4. The van der Waals surface area contributed by atoms with Gasteiger partial charge in [-0.2, -0.15) is 0 Å². The summed E-state index contributed by atoms with van der Waals surface area (Å²) < 4.78 is 0. The zero-order chi connectivity index (χ0) is 48.9. The predicted molar refractivity (Wildman–Crippen MR) is 262 cm³/mol. The highest BCUT2D eigenvalue weighted by Gasteiger charge is 2.73. The fraction of sp³-hybridized carbons (Fsp3) is 0.926. The lowest BCUT2D eigenvalue weighted by molar-refractivity contribution is -0.213. The Kier molecular flexibility index (Phi) is 22.4. The van der Waals surface area contributed by atoms with Gasteiger partial charge in [-0.1, -0.05) is 143 Å². The van der Waals surface area contributed by atoms with Crippen LogP contribution in [0.25, 0.3) is 0 Å². The maximum Gasteiger partial charge on any atom is 0.311 e. The molecule has 64 heavy (non-hydrogen) atoms. The third-order valence-electron chi connectivity index (χ3n) is 17.0. The molecule has 2 fully saturated rings. The second-order valence-corrected chi connectivity index (χ2v) is 24.4. The molecule has 2 saturated heterocycles. The Hall–Kier alpha value is -2.20. The lowest BCUT2D eigenvalue weighted by Crippen LogP contribution is -2.69. The summed E-state index contributed by atoms with van der Waals surface area (Å²) in [4.78, 5) is 63.1. The zero-order valence-corrected chi connectivity index (χ0v) is 43.8. The van der Waals surface area contributed by atoms with Crippen LogP contribution in [-0.2, 0) is 19.2 Å². The number of hydrogen-bond acceptors (Lipinski definition) is 6. The van der Waals surface area contributed by atoms with Crippen LogP contribution in [0.3, 0.4) is 0 Å². The molecule has 0 aromatic carbocycles. The molecule has 4 N–H and O–H groups in total. The SMILES string of the molecule is CC(C)CCCCCCCCCCC(C(=O)O)(C(C(=O)O)C1CC(C)(C)N(C)C(C)(C)C1)C(CCCCCCCCCCC(C)C)(C(=O)O)C(C(=O)O)C1CC(C)(C)N(C)C(C)(C)C1. The summed E-state index contributed by atoms with van der Waals surface area (Å²) in [6, 6.07) is 0. The van der Waals surface area contributed by atoms with Crippen LogP contribution in [0.1, 0.15) is 237 Å². The second kappa shape index (κ2) is 24.7. The van der Waals surface area contributed by atoms with Gasteiger partial charge in [0.25, 0.3) is 0 Å². The number of rotatable bonds is 31. The Morgan fingerprint density at radius 1 is 0.438 bits per heavy atom. The van der Waals surface area contributed by atoms with E-state index in [0.29, 0.717) is 63.2 Å². The van der Waals surface area contributed by atoms with Gasteiger partial charge in [-0.3, -0.25) is 29.0 Å². The number of likely N-dealkylation sites (tertiary alicyclic amines) is 2. The summed E-state index contributed by atoms with van der Waals surface area (Å²) in [7, 11) is 4.02. The topological polar surface area (TPSA) is 156 Å². The van der Waals surface area contributed by atoms with Gasteiger partial charge < -0.3 is 20.4 Å². The summed E-state index contributed by atoms with van der Waals surface area (Å²) in [5.41, 5.74) is -6.96. The number of carboxylic acids is 4. The van der Waals surface area contributed by atoms with Gasteiger partial charge in [-0.25, -0.2) is 0 Å². The summed E-state index contributed by atoms with van der Waals surface area (Å²) in [5.74, 6) is -8.93.